The molecule has 1 saturated heterocycles. The van der Waals surface area contributed by atoms with E-state index in [-0.39, 0.29) is 17.2 Å². The fraction of sp³-hybridized carbons (Fsp3) is 0.733. The minimum Gasteiger partial charge on any atom is -0.469 e. The van der Waals surface area contributed by atoms with Gasteiger partial charge in [-0.15, -0.1) is 0 Å². The second-order valence-electron chi connectivity index (χ2n) is 6.30. The van der Waals surface area contributed by atoms with Crippen molar-refractivity contribution < 1.29 is 19.0 Å². The molecule has 118 valence electrons. The van der Waals surface area contributed by atoms with E-state index in [1.54, 1.807) is 10.9 Å². The number of carbonyl (C=O) groups is 1. The van der Waals surface area contributed by atoms with Crippen LogP contribution in [-0.4, -0.2) is 34.1 Å². The van der Waals surface area contributed by atoms with Gasteiger partial charge in [-0.2, -0.15) is 5.10 Å². The third kappa shape index (κ3) is 3.44. The maximum absolute atomic E-state index is 11.1. The Bertz CT molecular complexity index is 492. The standard InChI is InChI=1S/C15H24N2O4/c1-14(2)15(3,4)21-13(20-14)11-9-16-17(10-11)8-6-7-12(18)19-5/h9-10,13H,6-8H2,1-5H3. The van der Waals surface area contributed by atoms with Gasteiger partial charge in [0.05, 0.1) is 24.5 Å². The number of methoxy groups -OCH3 is 1. The van der Waals surface area contributed by atoms with Crippen molar-refractivity contribution in [2.75, 3.05) is 7.11 Å². The van der Waals surface area contributed by atoms with Crippen molar-refractivity contribution in [1.82, 2.24) is 9.78 Å². The maximum Gasteiger partial charge on any atom is 0.305 e. The Kier molecular flexibility index (Phi) is 4.39. The van der Waals surface area contributed by atoms with Gasteiger partial charge in [0.25, 0.3) is 0 Å². The first-order chi connectivity index (χ1) is 9.75. The fourth-order valence-electron chi connectivity index (χ4n) is 2.09. The van der Waals surface area contributed by atoms with E-state index in [1.807, 2.05) is 33.9 Å². The van der Waals surface area contributed by atoms with Crippen molar-refractivity contribution in [1.29, 1.82) is 0 Å². The van der Waals surface area contributed by atoms with Crippen molar-refractivity contribution in [3.8, 4) is 0 Å². The lowest BCUT2D eigenvalue weighted by molar-refractivity contribution is -0.140. The van der Waals surface area contributed by atoms with Crippen LogP contribution in [0.1, 0.15) is 52.4 Å². The minimum absolute atomic E-state index is 0.201. The van der Waals surface area contributed by atoms with Gasteiger partial charge < -0.3 is 14.2 Å². The van der Waals surface area contributed by atoms with Gasteiger partial charge >= 0.3 is 5.97 Å². The van der Waals surface area contributed by atoms with Crippen LogP contribution in [0.2, 0.25) is 0 Å². The Hall–Kier alpha value is -1.40. The van der Waals surface area contributed by atoms with E-state index in [0.717, 1.165) is 5.56 Å². The molecular weight excluding hydrogens is 272 g/mol. The van der Waals surface area contributed by atoms with Gasteiger partial charge in [-0.1, -0.05) is 0 Å². The van der Waals surface area contributed by atoms with Crippen LogP contribution < -0.4 is 0 Å². The van der Waals surface area contributed by atoms with E-state index in [2.05, 4.69) is 9.84 Å². The molecule has 6 nitrogen and oxygen atoms in total. The van der Waals surface area contributed by atoms with Crippen molar-refractivity contribution in [3.05, 3.63) is 18.0 Å². The molecular formula is C15H24N2O4. The molecule has 0 aliphatic carbocycles. The first-order valence-electron chi connectivity index (χ1n) is 7.20. The summed E-state index contributed by atoms with van der Waals surface area (Å²) in [5, 5.41) is 4.28. The highest BCUT2D eigenvalue weighted by molar-refractivity contribution is 5.68. The maximum atomic E-state index is 11.1. The zero-order chi connectivity index (χ0) is 15.7. The number of hydrogen-bond acceptors (Lipinski definition) is 5. The third-order valence-electron chi connectivity index (χ3n) is 4.17. The second kappa shape index (κ2) is 5.77. The van der Waals surface area contributed by atoms with Crippen LogP contribution >= 0.6 is 0 Å². The second-order valence-corrected chi connectivity index (χ2v) is 6.30. The molecule has 1 aromatic heterocycles. The molecule has 1 aromatic rings. The fourth-order valence-corrected chi connectivity index (χ4v) is 2.09. The van der Waals surface area contributed by atoms with Crippen LogP contribution in [0, 0.1) is 0 Å². The highest BCUT2D eigenvalue weighted by atomic mass is 16.7. The van der Waals surface area contributed by atoms with Crippen molar-refractivity contribution in [2.45, 2.75) is 64.6 Å². The average molecular weight is 296 g/mol. The van der Waals surface area contributed by atoms with Crippen LogP contribution in [-0.2, 0) is 25.5 Å². The van der Waals surface area contributed by atoms with Gasteiger partial charge in [0, 0.05) is 24.7 Å². The number of esters is 1. The summed E-state index contributed by atoms with van der Waals surface area (Å²) in [5.74, 6) is -0.201. The van der Waals surface area contributed by atoms with Crippen LogP contribution in [0.25, 0.3) is 0 Å². The Balaban J connectivity index is 1.94. The number of rotatable bonds is 5. The Morgan fingerprint density at radius 1 is 1.33 bits per heavy atom. The van der Waals surface area contributed by atoms with Gasteiger partial charge in [0.1, 0.15) is 0 Å². The molecule has 0 aromatic carbocycles. The summed E-state index contributed by atoms with van der Waals surface area (Å²) in [6, 6.07) is 0. The van der Waals surface area contributed by atoms with E-state index in [0.29, 0.717) is 19.4 Å². The molecule has 0 amide bonds. The van der Waals surface area contributed by atoms with E-state index < -0.39 is 6.29 Å². The molecule has 1 fully saturated rings. The quantitative estimate of drug-likeness (QED) is 0.781. The van der Waals surface area contributed by atoms with Gasteiger partial charge in [0.15, 0.2) is 6.29 Å². The van der Waals surface area contributed by atoms with Gasteiger partial charge in [-0.3, -0.25) is 9.48 Å². The summed E-state index contributed by atoms with van der Waals surface area (Å²) >= 11 is 0. The molecule has 6 heteroatoms. The molecule has 0 atom stereocenters. The smallest absolute Gasteiger partial charge is 0.305 e. The summed E-state index contributed by atoms with van der Waals surface area (Å²) in [6.07, 6.45) is 4.34. The predicted molar refractivity (Wildman–Crippen MR) is 76.5 cm³/mol. The summed E-state index contributed by atoms with van der Waals surface area (Å²) in [4.78, 5) is 11.1. The number of aryl methyl sites for hydroxylation is 1. The monoisotopic (exact) mass is 296 g/mol. The summed E-state index contributed by atoms with van der Waals surface area (Å²) < 4.78 is 18.4. The Labute approximate surface area is 125 Å². The lowest BCUT2D eigenvalue weighted by atomic mass is 9.90. The van der Waals surface area contributed by atoms with E-state index in [1.165, 1.54) is 7.11 Å². The summed E-state index contributed by atoms with van der Waals surface area (Å²) in [7, 11) is 1.40. The largest absolute Gasteiger partial charge is 0.469 e. The summed E-state index contributed by atoms with van der Waals surface area (Å²) in [6.45, 7) is 8.75. The Morgan fingerprint density at radius 2 is 1.95 bits per heavy atom. The van der Waals surface area contributed by atoms with Crippen LogP contribution in [0.4, 0.5) is 0 Å². The van der Waals surface area contributed by atoms with Crippen LogP contribution in [0.3, 0.4) is 0 Å². The average Bonchev–Trinajstić information content (AvgIpc) is 2.93. The SMILES string of the molecule is COC(=O)CCCn1cc(C2OC(C)(C)C(C)(C)O2)cn1. The molecule has 1 aliphatic rings. The molecule has 0 saturated carbocycles. The van der Waals surface area contributed by atoms with Gasteiger partial charge in [-0.25, -0.2) is 0 Å². The topological polar surface area (TPSA) is 62.6 Å². The molecule has 2 rings (SSSR count). The van der Waals surface area contributed by atoms with Gasteiger partial charge in [-0.05, 0) is 34.1 Å². The zero-order valence-corrected chi connectivity index (χ0v) is 13.4. The van der Waals surface area contributed by atoms with E-state index >= 15 is 0 Å². The molecule has 21 heavy (non-hydrogen) atoms. The first kappa shape index (κ1) is 16.0. The number of nitrogens with zero attached hydrogens (tertiary/aromatic N) is 2. The molecule has 0 N–H and O–H groups in total. The molecule has 2 heterocycles. The Morgan fingerprint density at radius 3 is 2.52 bits per heavy atom. The summed E-state index contributed by atoms with van der Waals surface area (Å²) in [5.41, 5.74) is 0.182. The highest BCUT2D eigenvalue weighted by Gasteiger charge is 2.49. The zero-order valence-electron chi connectivity index (χ0n) is 13.4. The number of carbonyl (C=O) groups excluding carboxylic acids is 1. The normalized spacial score (nSPS) is 20.6. The van der Waals surface area contributed by atoms with Crippen molar-refractivity contribution in [3.63, 3.8) is 0 Å². The lowest BCUT2D eigenvalue weighted by Gasteiger charge is -2.30. The number of aromatic nitrogens is 2. The van der Waals surface area contributed by atoms with E-state index in [4.69, 9.17) is 9.47 Å². The molecule has 0 unspecified atom stereocenters. The minimum atomic E-state index is -0.399. The molecule has 0 radical (unpaired) electrons. The highest BCUT2D eigenvalue weighted by Crippen LogP contribution is 2.44. The predicted octanol–water partition coefficient (Wildman–Crippen LogP) is 2.44. The van der Waals surface area contributed by atoms with Crippen LogP contribution in [0.5, 0.6) is 0 Å². The molecule has 0 bridgehead atoms. The van der Waals surface area contributed by atoms with Gasteiger partial charge in [0.2, 0.25) is 0 Å². The van der Waals surface area contributed by atoms with Crippen LogP contribution in [0.15, 0.2) is 12.4 Å². The number of ether oxygens (including phenoxy) is 3. The first-order valence-corrected chi connectivity index (χ1v) is 7.20. The van der Waals surface area contributed by atoms with E-state index in [9.17, 15) is 4.79 Å². The molecule has 0 spiro atoms. The van der Waals surface area contributed by atoms with Crippen molar-refractivity contribution >= 4 is 5.97 Å². The lowest BCUT2D eigenvalue weighted by Crippen LogP contribution is -2.41. The third-order valence-corrected chi connectivity index (χ3v) is 4.17. The van der Waals surface area contributed by atoms with Crippen molar-refractivity contribution in [2.24, 2.45) is 0 Å². The number of hydrogen-bond donors (Lipinski definition) is 0. The molecule has 1 aliphatic heterocycles.